The molecule has 19 heavy (non-hydrogen) atoms. The highest BCUT2D eigenvalue weighted by Gasteiger charge is 2.23. The first kappa shape index (κ1) is 16.4. The summed E-state index contributed by atoms with van der Waals surface area (Å²) in [4.78, 5) is 0.203. The van der Waals surface area contributed by atoms with E-state index in [0.717, 1.165) is 12.8 Å². The summed E-state index contributed by atoms with van der Waals surface area (Å²) in [5.41, 5.74) is 0. The number of unbranched alkanes of at least 4 members (excludes halogenated alkanes) is 1. The molecule has 1 N–H and O–H groups in total. The maximum Gasteiger partial charge on any atom is 0.243 e. The van der Waals surface area contributed by atoms with E-state index in [2.05, 4.69) is 0 Å². The molecule has 4 nitrogen and oxygen atoms in total. The van der Waals surface area contributed by atoms with Crippen LogP contribution in [0.5, 0.6) is 0 Å². The molecule has 0 amide bonds. The van der Waals surface area contributed by atoms with Gasteiger partial charge in [-0.2, -0.15) is 4.31 Å². The lowest BCUT2D eigenvalue weighted by molar-refractivity contribution is 0.268. The highest BCUT2D eigenvalue weighted by Crippen LogP contribution is 2.20. The Bertz CT molecular complexity index is 482. The summed E-state index contributed by atoms with van der Waals surface area (Å²) < 4.78 is 26.4. The molecule has 0 spiro atoms. The number of sulfonamides is 1. The van der Waals surface area contributed by atoms with Gasteiger partial charge in [0.15, 0.2) is 0 Å². The summed E-state index contributed by atoms with van der Waals surface area (Å²) in [6.07, 6.45) is 2.15. The first-order valence-electron chi connectivity index (χ1n) is 6.39. The van der Waals surface area contributed by atoms with Crippen LogP contribution in [0.3, 0.4) is 0 Å². The molecule has 0 aliphatic carbocycles. The van der Waals surface area contributed by atoms with E-state index in [0.29, 0.717) is 24.5 Å². The normalized spacial score (nSPS) is 12.0. The third-order valence-electron chi connectivity index (χ3n) is 2.76. The van der Waals surface area contributed by atoms with Crippen LogP contribution in [0.25, 0.3) is 0 Å². The van der Waals surface area contributed by atoms with E-state index in [4.69, 9.17) is 16.7 Å². The van der Waals surface area contributed by atoms with Gasteiger partial charge in [0.25, 0.3) is 0 Å². The van der Waals surface area contributed by atoms with Crippen LogP contribution < -0.4 is 0 Å². The average molecular weight is 306 g/mol. The molecule has 0 bridgehead atoms. The molecule has 1 aromatic carbocycles. The van der Waals surface area contributed by atoms with E-state index in [-0.39, 0.29) is 11.5 Å². The Labute approximate surface area is 120 Å². The topological polar surface area (TPSA) is 57.6 Å². The van der Waals surface area contributed by atoms with Gasteiger partial charge in [-0.25, -0.2) is 8.42 Å². The van der Waals surface area contributed by atoms with Crippen molar-refractivity contribution in [3.63, 3.8) is 0 Å². The van der Waals surface area contributed by atoms with Gasteiger partial charge in [0, 0.05) is 24.7 Å². The molecule has 0 fully saturated rings. The van der Waals surface area contributed by atoms with Crippen molar-refractivity contribution in [2.24, 2.45) is 0 Å². The lowest BCUT2D eigenvalue weighted by atomic mass is 10.3. The second-order valence-corrected chi connectivity index (χ2v) is 6.67. The molecule has 0 aliphatic heterocycles. The Morgan fingerprint density at radius 2 is 1.95 bits per heavy atom. The van der Waals surface area contributed by atoms with Crippen LogP contribution >= 0.6 is 11.6 Å². The van der Waals surface area contributed by atoms with Gasteiger partial charge in [-0.15, -0.1) is 0 Å². The van der Waals surface area contributed by atoms with E-state index >= 15 is 0 Å². The van der Waals surface area contributed by atoms with Crippen LogP contribution in [0.2, 0.25) is 5.02 Å². The van der Waals surface area contributed by atoms with E-state index in [1.54, 1.807) is 18.2 Å². The van der Waals surface area contributed by atoms with Crippen molar-refractivity contribution in [3.05, 3.63) is 29.3 Å². The van der Waals surface area contributed by atoms with Crippen molar-refractivity contribution in [2.45, 2.75) is 31.1 Å². The van der Waals surface area contributed by atoms with Gasteiger partial charge in [0.2, 0.25) is 10.0 Å². The average Bonchev–Trinajstić information content (AvgIpc) is 2.38. The zero-order chi connectivity index (χ0) is 14.3. The quantitative estimate of drug-likeness (QED) is 0.803. The molecule has 0 heterocycles. The van der Waals surface area contributed by atoms with Gasteiger partial charge in [-0.05, 0) is 31.0 Å². The summed E-state index contributed by atoms with van der Waals surface area (Å²) in [7, 11) is -3.53. The summed E-state index contributed by atoms with van der Waals surface area (Å²) in [6.45, 7) is 2.78. The molecule has 0 aliphatic rings. The Hall–Kier alpha value is -0.620. The van der Waals surface area contributed by atoms with Gasteiger partial charge in [0.1, 0.15) is 0 Å². The van der Waals surface area contributed by atoms with Gasteiger partial charge in [-0.1, -0.05) is 31.0 Å². The summed E-state index contributed by atoms with van der Waals surface area (Å²) in [5, 5.41) is 9.28. The third-order valence-corrected chi connectivity index (χ3v) is 4.89. The molecule has 1 rings (SSSR count). The van der Waals surface area contributed by atoms with Crippen molar-refractivity contribution in [2.75, 3.05) is 19.7 Å². The molecule has 0 atom stereocenters. The predicted octanol–water partition coefficient (Wildman–Crippen LogP) is 2.51. The van der Waals surface area contributed by atoms with Crippen molar-refractivity contribution in [1.29, 1.82) is 0 Å². The number of aliphatic hydroxyl groups is 1. The lowest BCUT2D eigenvalue weighted by Crippen LogP contribution is -2.33. The number of benzene rings is 1. The van der Waals surface area contributed by atoms with Crippen LogP contribution in [0.1, 0.15) is 26.2 Å². The Balaban J connectivity index is 2.97. The van der Waals surface area contributed by atoms with E-state index in [1.165, 1.54) is 10.4 Å². The SMILES string of the molecule is CCCCN(CCCO)S(=O)(=O)c1cccc(Cl)c1. The number of hydrogen-bond acceptors (Lipinski definition) is 3. The fourth-order valence-corrected chi connectivity index (χ4v) is 3.53. The molecule has 1 aromatic rings. The van der Waals surface area contributed by atoms with Crippen LogP contribution in [0.4, 0.5) is 0 Å². The first-order valence-corrected chi connectivity index (χ1v) is 8.20. The molecular formula is C13H20ClNO3S. The zero-order valence-corrected chi connectivity index (χ0v) is 12.6. The smallest absolute Gasteiger partial charge is 0.243 e. The minimum atomic E-state index is -3.53. The Morgan fingerprint density at radius 1 is 1.26 bits per heavy atom. The second-order valence-electron chi connectivity index (χ2n) is 4.29. The van der Waals surface area contributed by atoms with Crippen LogP contribution in [-0.4, -0.2) is 37.5 Å². The van der Waals surface area contributed by atoms with Crippen LogP contribution in [0, 0.1) is 0 Å². The van der Waals surface area contributed by atoms with Gasteiger partial charge >= 0.3 is 0 Å². The number of hydrogen-bond donors (Lipinski definition) is 1. The van der Waals surface area contributed by atoms with Crippen molar-refractivity contribution < 1.29 is 13.5 Å². The summed E-state index contributed by atoms with van der Waals surface area (Å²) in [5.74, 6) is 0. The molecule has 0 saturated heterocycles. The van der Waals surface area contributed by atoms with Gasteiger partial charge in [0.05, 0.1) is 4.90 Å². The van der Waals surface area contributed by atoms with Crippen molar-refractivity contribution in [1.82, 2.24) is 4.31 Å². The van der Waals surface area contributed by atoms with Crippen molar-refractivity contribution >= 4 is 21.6 Å². The second kappa shape index (κ2) is 7.85. The minimum absolute atomic E-state index is 0.0201. The van der Waals surface area contributed by atoms with Crippen molar-refractivity contribution in [3.8, 4) is 0 Å². The van der Waals surface area contributed by atoms with E-state index in [9.17, 15) is 8.42 Å². The van der Waals surface area contributed by atoms with Gasteiger partial charge in [-0.3, -0.25) is 0 Å². The Morgan fingerprint density at radius 3 is 2.53 bits per heavy atom. The molecule has 0 saturated carbocycles. The largest absolute Gasteiger partial charge is 0.396 e. The maximum absolute atomic E-state index is 12.5. The molecule has 0 radical (unpaired) electrons. The monoisotopic (exact) mass is 305 g/mol. The molecule has 108 valence electrons. The predicted molar refractivity (Wildman–Crippen MR) is 76.8 cm³/mol. The molecule has 0 aromatic heterocycles. The highest BCUT2D eigenvalue weighted by molar-refractivity contribution is 7.89. The number of nitrogens with zero attached hydrogens (tertiary/aromatic N) is 1. The van der Waals surface area contributed by atoms with Gasteiger partial charge < -0.3 is 5.11 Å². The summed E-state index contributed by atoms with van der Waals surface area (Å²) in [6, 6.07) is 6.26. The number of aliphatic hydroxyl groups excluding tert-OH is 1. The standard InChI is InChI=1S/C13H20ClNO3S/c1-2-3-8-15(9-5-10-16)19(17,18)13-7-4-6-12(14)11-13/h4,6-7,11,16H,2-3,5,8-10H2,1H3. The number of rotatable bonds is 8. The molecule has 6 heteroatoms. The molecule has 0 unspecified atom stereocenters. The fourth-order valence-electron chi connectivity index (χ4n) is 1.71. The highest BCUT2D eigenvalue weighted by atomic mass is 35.5. The third kappa shape index (κ3) is 4.76. The van der Waals surface area contributed by atoms with E-state index in [1.807, 2.05) is 6.92 Å². The van der Waals surface area contributed by atoms with Crippen LogP contribution in [0.15, 0.2) is 29.2 Å². The van der Waals surface area contributed by atoms with E-state index < -0.39 is 10.0 Å². The zero-order valence-electron chi connectivity index (χ0n) is 11.0. The number of halogens is 1. The maximum atomic E-state index is 12.5. The fraction of sp³-hybridized carbons (Fsp3) is 0.538. The Kier molecular flexibility index (Phi) is 6.79. The van der Waals surface area contributed by atoms with Crippen LogP contribution in [-0.2, 0) is 10.0 Å². The summed E-state index contributed by atoms with van der Waals surface area (Å²) >= 11 is 5.84. The lowest BCUT2D eigenvalue weighted by Gasteiger charge is -2.21. The molecular weight excluding hydrogens is 286 g/mol. The minimum Gasteiger partial charge on any atom is -0.396 e. The first-order chi connectivity index (χ1) is 9.02.